The van der Waals surface area contributed by atoms with Gasteiger partial charge in [0, 0.05) is 17.1 Å². The molecule has 1 amide bonds. The molecule has 2 aromatic rings. The highest BCUT2D eigenvalue weighted by Gasteiger charge is 2.43. The zero-order valence-electron chi connectivity index (χ0n) is 12.4. The van der Waals surface area contributed by atoms with Crippen molar-refractivity contribution in [3.63, 3.8) is 0 Å². The topological polar surface area (TPSA) is 78.7 Å². The van der Waals surface area contributed by atoms with E-state index in [0.29, 0.717) is 17.3 Å². The van der Waals surface area contributed by atoms with E-state index in [-0.39, 0.29) is 5.91 Å². The first kappa shape index (κ1) is 16.4. The van der Waals surface area contributed by atoms with Gasteiger partial charge in [0.15, 0.2) is 4.34 Å². The van der Waals surface area contributed by atoms with E-state index >= 15 is 0 Å². The van der Waals surface area contributed by atoms with E-state index in [2.05, 4.69) is 27.6 Å². The molecule has 1 aliphatic carbocycles. The Kier molecular flexibility index (Phi) is 5.30. The summed E-state index contributed by atoms with van der Waals surface area (Å²) in [5, 5.41) is 22.2. The molecule has 0 spiro atoms. The van der Waals surface area contributed by atoms with Crippen LogP contribution in [-0.2, 0) is 10.2 Å². The molecule has 1 aliphatic rings. The maximum atomic E-state index is 12.9. The highest BCUT2D eigenvalue weighted by atomic mass is 32.2. The number of nitrogens with one attached hydrogen (secondary N) is 1. The van der Waals surface area contributed by atoms with Crippen molar-refractivity contribution in [2.45, 2.75) is 41.9 Å². The number of thioether (sulfide) groups is 1. The molecule has 8 heteroatoms. The van der Waals surface area contributed by atoms with Gasteiger partial charge in [-0.05, 0) is 24.3 Å². The van der Waals surface area contributed by atoms with Crippen molar-refractivity contribution < 1.29 is 4.79 Å². The third-order valence-corrected chi connectivity index (χ3v) is 7.00. The minimum absolute atomic E-state index is 0.0298. The molecule has 23 heavy (non-hydrogen) atoms. The van der Waals surface area contributed by atoms with Crippen LogP contribution in [0.15, 0.2) is 21.9 Å². The third kappa shape index (κ3) is 3.57. The van der Waals surface area contributed by atoms with E-state index in [9.17, 15) is 4.79 Å². The van der Waals surface area contributed by atoms with Gasteiger partial charge in [0.05, 0.1) is 11.5 Å². The number of carbonyl (C=O) groups excluding carboxylic acids is 1. The molecule has 0 radical (unpaired) electrons. The smallest absolute Gasteiger partial charge is 0.237 e. The van der Waals surface area contributed by atoms with Gasteiger partial charge >= 0.3 is 0 Å². The van der Waals surface area contributed by atoms with E-state index in [1.165, 1.54) is 23.1 Å². The van der Waals surface area contributed by atoms with Crippen LogP contribution in [0.25, 0.3) is 0 Å². The second kappa shape index (κ2) is 7.43. The lowest BCUT2D eigenvalue weighted by Crippen LogP contribution is -2.37. The summed E-state index contributed by atoms with van der Waals surface area (Å²) in [6, 6.07) is 6.16. The minimum Gasteiger partial charge on any atom is -0.300 e. The molecule has 1 saturated carbocycles. The fraction of sp³-hybridized carbons (Fsp3) is 0.467. The molecule has 120 valence electrons. The normalized spacial score (nSPS) is 16.1. The number of nitriles is 1. The molecule has 3 rings (SSSR count). The van der Waals surface area contributed by atoms with Crippen LogP contribution in [0.4, 0.5) is 5.13 Å². The standard InChI is InChI=1S/C15H16N4OS3/c16-8-4-10-22-14-19-18-13(23-14)17-12(20)15(6-1-2-7-15)11-5-3-9-21-11/h3,5,9H,1-2,4,6-7,10H2,(H,17,18,20). The number of hydrogen-bond acceptors (Lipinski definition) is 7. The average molecular weight is 365 g/mol. The van der Waals surface area contributed by atoms with Crippen LogP contribution in [0.1, 0.15) is 37.0 Å². The molecule has 5 nitrogen and oxygen atoms in total. The van der Waals surface area contributed by atoms with Gasteiger partial charge < -0.3 is 0 Å². The van der Waals surface area contributed by atoms with E-state index in [1.54, 1.807) is 11.3 Å². The van der Waals surface area contributed by atoms with Gasteiger partial charge in [0.2, 0.25) is 11.0 Å². The number of thiophene rings is 1. The van der Waals surface area contributed by atoms with Crippen LogP contribution < -0.4 is 5.32 Å². The first-order valence-corrected chi connectivity index (χ1v) is 10.1. The molecule has 0 unspecified atom stereocenters. The summed E-state index contributed by atoms with van der Waals surface area (Å²) >= 11 is 4.51. The molecule has 1 N–H and O–H groups in total. The predicted octanol–water partition coefficient (Wildman–Crippen LogP) is 4.06. The molecular formula is C15H16N4OS3. The summed E-state index contributed by atoms with van der Waals surface area (Å²) in [5.74, 6) is 0.722. The highest BCUT2D eigenvalue weighted by Crippen LogP contribution is 2.44. The third-order valence-electron chi connectivity index (χ3n) is 3.95. The quantitative estimate of drug-likeness (QED) is 0.475. The summed E-state index contributed by atoms with van der Waals surface area (Å²) in [4.78, 5) is 14.0. The number of aromatic nitrogens is 2. The molecule has 0 atom stereocenters. The molecule has 2 heterocycles. The molecular weight excluding hydrogens is 348 g/mol. The molecule has 0 aromatic carbocycles. The van der Waals surface area contributed by atoms with Gasteiger partial charge in [-0.1, -0.05) is 42.0 Å². The fourth-order valence-electron chi connectivity index (χ4n) is 2.83. The molecule has 0 aliphatic heterocycles. The lowest BCUT2D eigenvalue weighted by atomic mass is 9.83. The van der Waals surface area contributed by atoms with Crippen molar-refractivity contribution in [2.75, 3.05) is 11.1 Å². The first-order valence-electron chi connectivity index (χ1n) is 7.43. The van der Waals surface area contributed by atoms with Crippen molar-refractivity contribution >= 4 is 45.5 Å². The highest BCUT2D eigenvalue weighted by molar-refractivity contribution is 8.01. The summed E-state index contributed by atoms with van der Waals surface area (Å²) in [6.45, 7) is 0. The Balaban J connectivity index is 1.69. The lowest BCUT2D eigenvalue weighted by Gasteiger charge is -2.25. The summed E-state index contributed by atoms with van der Waals surface area (Å²) in [6.07, 6.45) is 4.42. The second-order valence-electron chi connectivity index (χ2n) is 5.35. The number of nitrogens with zero attached hydrogens (tertiary/aromatic N) is 3. The Labute approximate surface area is 147 Å². The molecule has 0 saturated heterocycles. The molecule has 1 fully saturated rings. The maximum absolute atomic E-state index is 12.9. The maximum Gasteiger partial charge on any atom is 0.237 e. The Morgan fingerprint density at radius 2 is 2.26 bits per heavy atom. The molecule has 2 aromatic heterocycles. The Morgan fingerprint density at radius 3 is 2.96 bits per heavy atom. The van der Waals surface area contributed by atoms with Crippen molar-refractivity contribution in [3.05, 3.63) is 22.4 Å². The van der Waals surface area contributed by atoms with Crippen molar-refractivity contribution in [2.24, 2.45) is 0 Å². The van der Waals surface area contributed by atoms with Gasteiger partial charge in [-0.15, -0.1) is 21.5 Å². The number of carbonyl (C=O) groups is 1. The van der Waals surface area contributed by atoms with E-state index in [1.807, 2.05) is 11.4 Å². The summed E-state index contributed by atoms with van der Waals surface area (Å²) in [7, 11) is 0. The van der Waals surface area contributed by atoms with Crippen molar-refractivity contribution in [1.82, 2.24) is 10.2 Å². The Hall–Kier alpha value is -1.43. The zero-order chi connectivity index (χ0) is 16.1. The van der Waals surface area contributed by atoms with Gasteiger partial charge in [0.25, 0.3) is 0 Å². The number of rotatable bonds is 6. The number of amides is 1. The first-order chi connectivity index (χ1) is 11.2. The summed E-state index contributed by atoms with van der Waals surface area (Å²) in [5.41, 5.74) is -0.409. The van der Waals surface area contributed by atoms with Crippen LogP contribution >= 0.6 is 34.4 Å². The lowest BCUT2D eigenvalue weighted by molar-refractivity contribution is -0.121. The van der Waals surface area contributed by atoms with Gasteiger partial charge in [-0.2, -0.15) is 5.26 Å². The predicted molar refractivity (Wildman–Crippen MR) is 94.0 cm³/mol. The van der Waals surface area contributed by atoms with Crippen LogP contribution in [0.2, 0.25) is 0 Å². The minimum atomic E-state index is -0.409. The molecule has 0 bridgehead atoms. The van der Waals surface area contributed by atoms with Gasteiger partial charge in [-0.25, -0.2) is 0 Å². The van der Waals surface area contributed by atoms with Crippen molar-refractivity contribution in [3.8, 4) is 6.07 Å². The summed E-state index contributed by atoms with van der Waals surface area (Å²) < 4.78 is 0.784. The number of anilines is 1. The SMILES string of the molecule is N#CCCSc1nnc(NC(=O)C2(c3cccs3)CCCC2)s1. The van der Waals surface area contributed by atoms with Gasteiger partial charge in [0.1, 0.15) is 0 Å². The van der Waals surface area contributed by atoms with E-state index in [0.717, 1.165) is 34.9 Å². The largest absolute Gasteiger partial charge is 0.300 e. The van der Waals surface area contributed by atoms with Crippen LogP contribution in [0.5, 0.6) is 0 Å². The fourth-order valence-corrected chi connectivity index (χ4v) is 5.48. The Bertz CT molecular complexity index is 699. The Morgan fingerprint density at radius 1 is 1.43 bits per heavy atom. The average Bonchev–Trinajstić information content (AvgIpc) is 3.29. The van der Waals surface area contributed by atoms with Crippen LogP contribution in [0, 0.1) is 11.3 Å². The zero-order valence-corrected chi connectivity index (χ0v) is 14.9. The van der Waals surface area contributed by atoms with Gasteiger partial charge in [-0.3, -0.25) is 10.1 Å². The van der Waals surface area contributed by atoms with Crippen LogP contribution in [-0.4, -0.2) is 21.9 Å². The number of hydrogen-bond donors (Lipinski definition) is 1. The second-order valence-corrected chi connectivity index (χ2v) is 8.62. The van der Waals surface area contributed by atoms with Crippen molar-refractivity contribution in [1.29, 1.82) is 5.26 Å². The monoisotopic (exact) mass is 364 g/mol. The van der Waals surface area contributed by atoms with Crippen LogP contribution in [0.3, 0.4) is 0 Å². The van der Waals surface area contributed by atoms with E-state index < -0.39 is 5.41 Å². The van der Waals surface area contributed by atoms with E-state index in [4.69, 9.17) is 5.26 Å².